The number of amides is 1. The molecule has 0 bridgehead atoms. The van der Waals surface area contributed by atoms with Gasteiger partial charge in [-0.15, -0.1) is 0 Å². The van der Waals surface area contributed by atoms with Crippen LogP contribution < -0.4 is 5.32 Å². The fraction of sp³-hybridized carbons (Fsp3) is 0.0556. The minimum atomic E-state index is -0.361. The highest BCUT2D eigenvalue weighted by molar-refractivity contribution is 9.10. The molecule has 0 fully saturated rings. The van der Waals surface area contributed by atoms with E-state index in [0.29, 0.717) is 11.3 Å². The second-order valence-corrected chi connectivity index (χ2v) is 5.85. The Morgan fingerprint density at radius 3 is 2.68 bits per heavy atom. The monoisotopic (exact) mass is 357 g/mol. The molecule has 0 radical (unpaired) electrons. The summed E-state index contributed by atoms with van der Waals surface area (Å²) >= 11 is 3.50. The van der Waals surface area contributed by atoms with Crippen molar-refractivity contribution in [1.29, 1.82) is 0 Å². The molecule has 0 heterocycles. The summed E-state index contributed by atoms with van der Waals surface area (Å²) in [5, 5.41) is 4.91. The van der Waals surface area contributed by atoms with Crippen LogP contribution in [-0.4, -0.2) is 5.91 Å². The van der Waals surface area contributed by atoms with Gasteiger partial charge in [0.15, 0.2) is 0 Å². The number of carbonyl (C=O) groups excluding carboxylic acids is 1. The Morgan fingerprint density at radius 1 is 1.05 bits per heavy atom. The molecule has 0 aliphatic heterocycles. The highest BCUT2D eigenvalue weighted by Gasteiger charge is 2.08. The molecule has 3 rings (SSSR count). The predicted molar refractivity (Wildman–Crippen MR) is 90.4 cm³/mol. The van der Waals surface area contributed by atoms with Gasteiger partial charge in [-0.25, -0.2) is 4.39 Å². The van der Waals surface area contributed by atoms with Gasteiger partial charge in [0, 0.05) is 10.2 Å². The molecule has 4 heteroatoms. The number of hydrogen-bond acceptors (Lipinski definition) is 1. The van der Waals surface area contributed by atoms with Crippen LogP contribution in [0.25, 0.3) is 10.8 Å². The van der Waals surface area contributed by atoms with Crippen molar-refractivity contribution in [2.75, 3.05) is 5.32 Å². The molecule has 0 aliphatic rings. The fourth-order valence-electron chi connectivity index (χ4n) is 2.34. The van der Waals surface area contributed by atoms with Crippen LogP contribution in [0.2, 0.25) is 0 Å². The number of rotatable bonds is 3. The van der Waals surface area contributed by atoms with Crippen molar-refractivity contribution < 1.29 is 9.18 Å². The van der Waals surface area contributed by atoms with Crippen molar-refractivity contribution in [3.8, 4) is 0 Å². The van der Waals surface area contributed by atoms with Crippen LogP contribution in [0, 0.1) is 5.82 Å². The van der Waals surface area contributed by atoms with Gasteiger partial charge < -0.3 is 5.32 Å². The third kappa shape index (κ3) is 3.17. The van der Waals surface area contributed by atoms with Gasteiger partial charge in [-0.2, -0.15) is 0 Å². The van der Waals surface area contributed by atoms with E-state index in [2.05, 4.69) is 21.2 Å². The quantitative estimate of drug-likeness (QED) is 0.707. The summed E-state index contributed by atoms with van der Waals surface area (Å²) in [4.78, 5) is 12.1. The molecule has 0 aliphatic carbocycles. The van der Waals surface area contributed by atoms with Gasteiger partial charge >= 0.3 is 0 Å². The van der Waals surface area contributed by atoms with Crippen molar-refractivity contribution in [1.82, 2.24) is 0 Å². The minimum Gasteiger partial charge on any atom is -0.326 e. The standard InChI is InChI=1S/C18H13BrFNO/c19-16-6-3-5-12-10-14(8-9-15(12)16)21-18(22)11-13-4-1-2-7-17(13)20/h1-10H,11H2,(H,21,22). The predicted octanol–water partition coefficient (Wildman–Crippen LogP) is 4.92. The van der Waals surface area contributed by atoms with E-state index in [4.69, 9.17) is 0 Å². The molecule has 0 spiro atoms. The van der Waals surface area contributed by atoms with Crippen LogP contribution in [-0.2, 0) is 11.2 Å². The van der Waals surface area contributed by atoms with Crippen molar-refractivity contribution >= 4 is 38.3 Å². The molecule has 22 heavy (non-hydrogen) atoms. The smallest absolute Gasteiger partial charge is 0.228 e. The van der Waals surface area contributed by atoms with Gasteiger partial charge in [-0.1, -0.05) is 52.3 Å². The Morgan fingerprint density at radius 2 is 1.86 bits per heavy atom. The second-order valence-electron chi connectivity index (χ2n) is 4.99. The SMILES string of the molecule is O=C(Cc1ccccc1F)Nc1ccc2c(Br)cccc2c1. The first-order valence-electron chi connectivity index (χ1n) is 6.85. The average molecular weight is 358 g/mol. The number of anilines is 1. The molecule has 110 valence electrons. The molecule has 0 unspecified atom stereocenters. The molecular formula is C18H13BrFNO. The third-order valence-electron chi connectivity index (χ3n) is 3.42. The first-order valence-corrected chi connectivity index (χ1v) is 7.64. The van der Waals surface area contributed by atoms with Crippen LogP contribution in [0.3, 0.4) is 0 Å². The van der Waals surface area contributed by atoms with Crippen molar-refractivity contribution in [2.24, 2.45) is 0 Å². The molecule has 2 nitrogen and oxygen atoms in total. The van der Waals surface area contributed by atoms with Gasteiger partial charge in [-0.3, -0.25) is 4.79 Å². The maximum atomic E-state index is 13.6. The summed E-state index contributed by atoms with van der Waals surface area (Å²) in [5.41, 5.74) is 1.09. The number of carbonyl (C=O) groups is 1. The molecule has 3 aromatic carbocycles. The molecule has 1 amide bonds. The zero-order valence-electron chi connectivity index (χ0n) is 11.6. The van der Waals surface area contributed by atoms with E-state index < -0.39 is 0 Å². The number of nitrogens with one attached hydrogen (secondary N) is 1. The van der Waals surface area contributed by atoms with Gasteiger partial charge in [0.1, 0.15) is 5.82 Å². The lowest BCUT2D eigenvalue weighted by molar-refractivity contribution is -0.115. The first kappa shape index (κ1) is 14.7. The summed E-state index contributed by atoms with van der Waals surface area (Å²) in [7, 11) is 0. The Hall–Kier alpha value is -2.20. The van der Waals surface area contributed by atoms with E-state index in [1.54, 1.807) is 18.2 Å². The minimum absolute atomic E-state index is 0.0171. The Labute approximate surface area is 136 Å². The van der Waals surface area contributed by atoms with E-state index in [1.807, 2.05) is 36.4 Å². The van der Waals surface area contributed by atoms with Gasteiger partial charge in [-0.05, 0) is 40.6 Å². The lowest BCUT2D eigenvalue weighted by atomic mass is 10.1. The van der Waals surface area contributed by atoms with Crippen LogP contribution in [0.15, 0.2) is 65.1 Å². The Kier molecular flexibility index (Phi) is 4.20. The Balaban J connectivity index is 1.78. The van der Waals surface area contributed by atoms with Gasteiger partial charge in [0.2, 0.25) is 5.91 Å². The summed E-state index contributed by atoms with van der Waals surface area (Å²) in [6, 6.07) is 17.9. The van der Waals surface area contributed by atoms with E-state index in [9.17, 15) is 9.18 Å². The lowest BCUT2D eigenvalue weighted by Crippen LogP contribution is -2.15. The van der Waals surface area contributed by atoms with Crippen LogP contribution in [0.4, 0.5) is 10.1 Å². The molecule has 0 aromatic heterocycles. The average Bonchev–Trinajstić information content (AvgIpc) is 2.50. The third-order valence-corrected chi connectivity index (χ3v) is 4.11. The van der Waals surface area contributed by atoms with Crippen molar-refractivity contribution in [3.63, 3.8) is 0 Å². The van der Waals surface area contributed by atoms with Crippen LogP contribution in [0.5, 0.6) is 0 Å². The normalized spacial score (nSPS) is 10.6. The molecule has 1 N–H and O–H groups in total. The molecule has 3 aromatic rings. The largest absolute Gasteiger partial charge is 0.326 e. The molecule has 0 saturated heterocycles. The maximum absolute atomic E-state index is 13.6. The molecule has 0 saturated carbocycles. The summed E-state index contributed by atoms with van der Waals surface area (Å²) in [5.74, 6) is -0.598. The van der Waals surface area contributed by atoms with E-state index in [1.165, 1.54) is 6.07 Å². The van der Waals surface area contributed by atoms with E-state index >= 15 is 0 Å². The first-order chi connectivity index (χ1) is 10.6. The zero-order valence-corrected chi connectivity index (χ0v) is 13.2. The van der Waals surface area contributed by atoms with E-state index in [-0.39, 0.29) is 18.1 Å². The number of fused-ring (bicyclic) bond motifs is 1. The molecular weight excluding hydrogens is 345 g/mol. The van der Waals surface area contributed by atoms with Gasteiger partial charge in [0.25, 0.3) is 0 Å². The number of halogens is 2. The maximum Gasteiger partial charge on any atom is 0.228 e. The van der Waals surface area contributed by atoms with Crippen LogP contribution >= 0.6 is 15.9 Å². The topological polar surface area (TPSA) is 29.1 Å². The van der Waals surface area contributed by atoms with Gasteiger partial charge in [0.05, 0.1) is 6.42 Å². The van der Waals surface area contributed by atoms with E-state index in [0.717, 1.165) is 15.2 Å². The van der Waals surface area contributed by atoms with Crippen LogP contribution in [0.1, 0.15) is 5.56 Å². The van der Waals surface area contributed by atoms with Crippen molar-refractivity contribution in [3.05, 3.63) is 76.5 Å². The lowest BCUT2D eigenvalue weighted by Gasteiger charge is -2.08. The molecule has 0 atom stereocenters. The number of benzene rings is 3. The Bertz CT molecular complexity index is 847. The highest BCUT2D eigenvalue weighted by atomic mass is 79.9. The summed E-state index contributed by atoms with van der Waals surface area (Å²) < 4.78 is 14.6. The summed E-state index contributed by atoms with van der Waals surface area (Å²) in [6.45, 7) is 0. The zero-order chi connectivity index (χ0) is 15.5. The second kappa shape index (κ2) is 6.28. The number of hydrogen-bond donors (Lipinski definition) is 1. The highest BCUT2D eigenvalue weighted by Crippen LogP contribution is 2.26. The fourth-order valence-corrected chi connectivity index (χ4v) is 2.86. The van der Waals surface area contributed by atoms with Crippen molar-refractivity contribution in [2.45, 2.75) is 6.42 Å². The summed E-state index contributed by atoms with van der Waals surface area (Å²) in [6.07, 6.45) is 0.0171.